The Morgan fingerprint density at radius 3 is 2.59 bits per heavy atom. The van der Waals surface area contributed by atoms with Gasteiger partial charge in [0.25, 0.3) is 0 Å². The molecule has 0 aliphatic heterocycles. The second-order valence-electron chi connectivity index (χ2n) is 6.37. The SMILES string of the molecule is Cc1cc(Cl)ccc1NC(=O)C1CC1C(=O)NCCC(C)C. The van der Waals surface area contributed by atoms with Crippen molar-refractivity contribution in [2.24, 2.45) is 17.8 Å². The summed E-state index contributed by atoms with van der Waals surface area (Å²) in [5.41, 5.74) is 1.67. The molecule has 22 heavy (non-hydrogen) atoms. The Kier molecular flexibility index (Phi) is 5.46. The van der Waals surface area contributed by atoms with Crippen molar-refractivity contribution in [3.05, 3.63) is 28.8 Å². The van der Waals surface area contributed by atoms with Crippen molar-refractivity contribution in [1.82, 2.24) is 5.32 Å². The molecule has 2 atom stereocenters. The fraction of sp³-hybridized carbons (Fsp3) is 0.529. The number of halogens is 1. The first kappa shape index (κ1) is 16.8. The number of hydrogen-bond acceptors (Lipinski definition) is 2. The number of aryl methyl sites for hydroxylation is 1. The Balaban J connectivity index is 1.81. The van der Waals surface area contributed by atoms with E-state index < -0.39 is 0 Å². The Morgan fingerprint density at radius 2 is 1.95 bits per heavy atom. The molecule has 0 bridgehead atoms. The summed E-state index contributed by atoms with van der Waals surface area (Å²) in [5, 5.41) is 6.43. The molecule has 4 nitrogen and oxygen atoms in total. The van der Waals surface area contributed by atoms with E-state index in [0.29, 0.717) is 23.9 Å². The van der Waals surface area contributed by atoms with E-state index in [1.165, 1.54) is 0 Å². The maximum Gasteiger partial charge on any atom is 0.228 e. The summed E-state index contributed by atoms with van der Waals surface area (Å²) < 4.78 is 0. The summed E-state index contributed by atoms with van der Waals surface area (Å²) in [6, 6.07) is 5.34. The molecule has 0 saturated heterocycles. The Hall–Kier alpha value is -1.55. The molecule has 1 aromatic carbocycles. The minimum Gasteiger partial charge on any atom is -0.356 e. The lowest BCUT2D eigenvalue weighted by Gasteiger charge is -2.09. The molecule has 0 heterocycles. The molecule has 2 N–H and O–H groups in total. The van der Waals surface area contributed by atoms with E-state index in [1.807, 2.05) is 6.92 Å². The largest absolute Gasteiger partial charge is 0.356 e. The highest BCUT2D eigenvalue weighted by atomic mass is 35.5. The van der Waals surface area contributed by atoms with Crippen LogP contribution in [0.3, 0.4) is 0 Å². The van der Waals surface area contributed by atoms with Gasteiger partial charge in [0.15, 0.2) is 0 Å². The smallest absolute Gasteiger partial charge is 0.228 e. The van der Waals surface area contributed by atoms with Crippen molar-refractivity contribution in [2.45, 2.75) is 33.6 Å². The third-order valence-corrected chi connectivity index (χ3v) is 4.17. The number of anilines is 1. The number of nitrogens with one attached hydrogen (secondary N) is 2. The van der Waals surface area contributed by atoms with Crippen LogP contribution in [0.25, 0.3) is 0 Å². The maximum absolute atomic E-state index is 12.2. The van der Waals surface area contributed by atoms with E-state index in [-0.39, 0.29) is 23.7 Å². The first-order valence-electron chi connectivity index (χ1n) is 7.73. The number of hydrogen-bond donors (Lipinski definition) is 2. The van der Waals surface area contributed by atoms with Crippen LogP contribution in [-0.4, -0.2) is 18.4 Å². The van der Waals surface area contributed by atoms with E-state index in [2.05, 4.69) is 24.5 Å². The first-order valence-corrected chi connectivity index (χ1v) is 8.11. The molecular formula is C17H23ClN2O2. The predicted octanol–water partition coefficient (Wildman–Crippen LogP) is 3.39. The number of rotatable bonds is 6. The quantitative estimate of drug-likeness (QED) is 0.843. The van der Waals surface area contributed by atoms with E-state index >= 15 is 0 Å². The van der Waals surface area contributed by atoms with E-state index in [9.17, 15) is 9.59 Å². The third-order valence-electron chi connectivity index (χ3n) is 3.93. The van der Waals surface area contributed by atoms with Crippen LogP contribution >= 0.6 is 11.6 Å². The minimum absolute atomic E-state index is 0.00590. The van der Waals surface area contributed by atoms with Crippen LogP contribution in [0.4, 0.5) is 5.69 Å². The highest BCUT2D eigenvalue weighted by Crippen LogP contribution is 2.39. The van der Waals surface area contributed by atoms with Gasteiger partial charge in [-0.3, -0.25) is 9.59 Å². The molecule has 0 radical (unpaired) electrons. The van der Waals surface area contributed by atoms with Gasteiger partial charge in [0.2, 0.25) is 11.8 Å². The average molecular weight is 323 g/mol. The third kappa shape index (κ3) is 4.47. The Labute approximate surface area is 136 Å². The van der Waals surface area contributed by atoms with Crippen molar-refractivity contribution >= 4 is 29.1 Å². The average Bonchev–Trinajstić information content (AvgIpc) is 3.22. The van der Waals surface area contributed by atoms with E-state index in [1.54, 1.807) is 18.2 Å². The second kappa shape index (κ2) is 7.14. The zero-order chi connectivity index (χ0) is 16.3. The van der Waals surface area contributed by atoms with Crippen molar-refractivity contribution < 1.29 is 9.59 Å². The lowest BCUT2D eigenvalue weighted by atomic mass is 10.1. The van der Waals surface area contributed by atoms with Crippen LogP contribution in [0.15, 0.2) is 18.2 Å². The second-order valence-corrected chi connectivity index (χ2v) is 6.81. The van der Waals surface area contributed by atoms with Crippen LogP contribution in [0.5, 0.6) is 0 Å². The van der Waals surface area contributed by atoms with Gasteiger partial charge in [-0.05, 0) is 49.4 Å². The summed E-state index contributed by atoms with van der Waals surface area (Å²) in [4.78, 5) is 24.1. The molecule has 1 fully saturated rings. The van der Waals surface area contributed by atoms with E-state index in [4.69, 9.17) is 11.6 Å². The molecule has 1 aliphatic carbocycles. The maximum atomic E-state index is 12.2. The van der Waals surface area contributed by atoms with Gasteiger partial charge in [-0.25, -0.2) is 0 Å². The van der Waals surface area contributed by atoms with Gasteiger partial charge in [-0.2, -0.15) is 0 Å². The zero-order valence-corrected chi connectivity index (χ0v) is 14.0. The van der Waals surface area contributed by atoms with Crippen LogP contribution in [0.2, 0.25) is 5.02 Å². The lowest BCUT2D eigenvalue weighted by molar-refractivity contribution is -0.125. The zero-order valence-electron chi connectivity index (χ0n) is 13.3. The molecular weight excluding hydrogens is 300 g/mol. The lowest BCUT2D eigenvalue weighted by Crippen LogP contribution is -2.28. The normalized spacial score (nSPS) is 19.9. The highest BCUT2D eigenvalue weighted by Gasteiger charge is 2.47. The van der Waals surface area contributed by atoms with Crippen LogP contribution in [0.1, 0.15) is 32.3 Å². The highest BCUT2D eigenvalue weighted by molar-refractivity contribution is 6.30. The number of carbonyl (C=O) groups is 2. The van der Waals surface area contributed by atoms with Gasteiger partial charge in [-0.15, -0.1) is 0 Å². The summed E-state index contributed by atoms with van der Waals surface area (Å²) in [7, 11) is 0. The Bertz CT molecular complexity index is 572. The monoisotopic (exact) mass is 322 g/mol. The van der Waals surface area contributed by atoms with Crippen molar-refractivity contribution in [1.29, 1.82) is 0 Å². The van der Waals surface area contributed by atoms with Gasteiger partial charge >= 0.3 is 0 Å². The number of benzene rings is 1. The molecule has 5 heteroatoms. The predicted molar refractivity (Wildman–Crippen MR) is 88.9 cm³/mol. The molecule has 0 aromatic heterocycles. The molecule has 1 aliphatic rings. The standard InChI is InChI=1S/C17H23ClN2O2/c1-10(2)6-7-19-16(21)13-9-14(13)17(22)20-15-5-4-12(18)8-11(15)3/h4-5,8,10,13-14H,6-7,9H2,1-3H3,(H,19,21)(H,20,22). The van der Waals surface area contributed by atoms with Crippen LogP contribution in [-0.2, 0) is 9.59 Å². The summed E-state index contributed by atoms with van der Waals surface area (Å²) in [6.45, 7) is 6.81. The van der Waals surface area contributed by atoms with Crippen molar-refractivity contribution in [2.75, 3.05) is 11.9 Å². The minimum atomic E-state index is -0.214. The van der Waals surface area contributed by atoms with Gasteiger partial charge in [0.1, 0.15) is 0 Å². The molecule has 120 valence electrons. The number of carbonyl (C=O) groups excluding carboxylic acids is 2. The molecule has 2 rings (SSSR count). The summed E-state index contributed by atoms with van der Waals surface area (Å²) in [6.07, 6.45) is 1.59. The van der Waals surface area contributed by atoms with Gasteiger partial charge < -0.3 is 10.6 Å². The van der Waals surface area contributed by atoms with Crippen LogP contribution in [0, 0.1) is 24.7 Å². The van der Waals surface area contributed by atoms with E-state index in [0.717, 1.165) is 17.7 Å². The molecule has 0 spiro atoms. The fourth-order valence-corrected chi connectivity index (χ4v) is 2.61. The van der Waals surface area contributed by atoms with Crippen molar-refractivity contribution in [3.8, 4) is 0 Å². The summed E-state index contributed by atoms with van der Waals surface area (Å²) >= 11 is 5.90. The Morgan fingerprint density at radius 1 is 1.27 bits per heavy atom. The molecule has 1 aromatic rings. The van der Waals surface area contributed by atoms with Crippen LogP contribution < -0.4 is 10.6 Å². The topological polar surface area (TPSA) is 58.2 Å². The van der Waals surface area contributed by atoms with Gasteiger partial charge in [0, 0.05) is 17.3 Å². The molecule has 2 unspecified atom stereocenters. The van der Waals surface area contributed by atoms with Gasteiger partial charge in [-0.1, -0.05) is 25.4 Å². The number of amides is 2. The van der Waals surface area contributed by atoms with Gasteiger partial charge in [0.05, 0.1) is 11.8 Å². The summed E-state index contributed by atoms with van der Waals surface area (Å²) in [5.74, 6) is 0.0726. The van der Waals surface area contributed by atoms with Crippen molar-refractivity contribution in [3.63, 3.8) is 0 Å². The molecule has 1 saturated carbocycles. The first-order chi connectivity index (χ1) is 10.4. The molecule has 2 amide bonds. The fourth-order valence-electron chi connectivity index (χ4n) is 2.38.